The zero-order valence-electron chi connectivity index (χ0n) is 32.3. The molecule has 0 saturated carbocycles. The van der Waals surface area contributed by atoms with Crippen molar-refractivity contribution in [1.82, 2.24) is 0 Å². The molecule has 0 aromatic heterocycles. The molecule has 0 aliphatic carbocycles. The van der Waals surface area contributed by atoms with Gasteiger partial charge in [0, 0.05) is 22.4 Å². The minimum absolute atomic E-state index is 0.294. The van der Waals surface area contributed by atoms with Crippen LogP contribution >= 0.6 is 0 Å². The molecule has 10 aromatic rings. The Labute approximate surface area is 339 Å². The third-order valence-electron chi connectivity index (χ3n) is 11.6. The van der Waals surface area contributed by atoms with Gasteiger partial charge in [0.2, 0.25) is 0 Å². The first-order chi connectivity index (χ1) is 28.7. The quantitative estimate of drug-likeness (QED) is 0.157. The van der Waals surface area contributed by atoms with Crippen LogP contribution in [-0.4, -0.2) is 5.11 Å². The fourth-order valence-electron chi connectivity index (χ4n) is 8.76. The van der Waals surface area contributed by atoms with Crippen LogP contribution in [0.25, 0.3) is 76.8 Å². The van der Waals surface area contributed by atoms with Crippen LogP contribution in [-0.2, 0) is 6.42 Å². The number of rotatable bonds is 8. The zero-order valence-corrected chi connectivity index (χ0v) is 32.3. The number of nitrogens with zero attached hydrogens (tertiary/aromatic N) is 1. The van der Waals surface area contributed by atoms with E-state index in [1.54, 1.807) is 6.07 Å². The predicted molar refractivity (Wildman–Crippen MR) is 246 cm³/mol. The second-order valence-electron chi connectivity index (χ2n) is 14.9. The number of hydrogen-bond donors (Lipinski definition) is 1. The number of anilines is 3. The molecule has 0 unspecified atom stereocenters. The van der Waals surface area contributed by atoms with E-state index in [0.29, 0.717) is 5.75 Å². The summed E-state index contributed by atoms with van der Waals surface area (Å²) in [5.41, 5.74) is 13.3. The highest BCUT2D eigenvalue weighted by atomic mass is 16.3. The van der Waals surface area contributed by atoms with Gasteiger partial charge in [-0.1, -0.05) is 177 Å². The fraction of sp³-hybridized carbons (Fsp3) is 0.0357. The van der Waals surface area contributed by atoms with Crippen LogP contribution in [0.1, 0.15) is 12.5 Å². The lowest BCUT2D eigenvalue weighted by Crippen LogP contribution is -2.12. The lowest BCUT2D eigenvalue weighted by Gasteiger charge is -2.30. The Balaban J connectivity index is 1.19. The first-order valence-corrected chi connectivity index (χ1v) is 20.0. The summed E-state index contributed by atoms with van der Waals surface area (Å²) < 4.78 is 0. The molecule has 1 N–H and O–H groups in total. The highest BCUT2D eigenvalue weighted by Crippen LogP contribution is 2.48. The van der Waals surface area contributed by atoms with Crippen LogP contribution in [0.2, 0.25) is 0 Å². The van der Waals surface area contributed by atoms with Gasteiger partial charge >= 0.3 is 0 Å². The van der Waals surface area contributed by atoms with Crippen molar-refractivity contribution in [2.45, 2.75) is 13.3 Å². The van der Waals surface area contributed by atoms with Crippen molar-refractivity contribution < 1.29 is 5.11 Å². The van der Waals surface area contributed by atoms with Gasteiger partial charge in [-0.2, -0.15) is 0 Å². The van der Waals surface area contributed by atoms with Crippen LogP contribution < -0.4 is 4.90 Å². The minimum Gasteiger partial charge on any atom is -0.507 e. The largest absolute Gasteiger partial charge is 0.507 e. The summed E-state index contributed by atoms with van der Waals surface area (Å²) in [5, 5.41) is 18.2. The van der Waals surface area contributed by atoms with Crippen LogP contribution in [0, 0.1) is 0 Å². The highest BCUT2D eigenvalue weighted by molar-refractivity contribution is 6.15. The average Bonchev–Trinajstić information content (AvgIpc) is 3.29. The summed E-state index contributed by atoms with van der Waals surface area (Å²) in [5.74, 6) is 0.294. The molecule has 0 heterocycles. The van der Waals surface area contributed by atoms with Crippen LogP contribution in [0.4, 0.5) is 17.1 Å². The number of benzene rings is 10. The average molecular weight is 744 g/mol. The monoisotopic (exact) mass is 743 g/mol. The topological polar surface area (TPSA) is 23.5 Å². The second-order valence-corrected chi connectivity index (χ2v) is 14.9. The molecular weight excluding hydrogens is 703 g/mol. The van der Waals surface area contributed by atoms with Gasteiger partial charge in [-0.25, -0.2) is 0 Å². The van der Waals surface area contributed by atoms with Crippen molar-refractivity contribution in [2.75, 3.05) is 4.90 Å². The first-order valence-electron chi connectivity index (χ1n) is 20.0. The smallest absolute Gasteiger partial charge is 0.123 e. The molecule has 0 spiro atoms. The summed E-state index contributed by atoms with van der Waals surface area (Å²) in [6.45, 7) is 2.16. The number of aryl methyl sites for hydroxylation is 1. The number of phenols is 1. The molecule has 0 radical (unpaired) electrons. The van der Waals surface area contributed by atoms with E-state index in [-0.39, 0.29) is 0 Å². The van der Waals surface area contributed by atoms with E-state index in [9.17, 15) is 5.11 Å². The Morgan fingerprint density at radius 2 is 0.897 bits per heavy atom. The molecule has 0 saturated heterocycles. The molecule has 2 nitrogen and oxygen atoms in total. The lowest BCUT2D eigenvalue weighted by molar-refractivity contribution is 0.477. The van der Waals surface area contributed by atoms with Crippen molar-refractivity contribution in [2.24, 2.45) is 0 Å². The van der Waals surface area contributed by atoms with Crippen molar-refractivity contribution in [3.63, 3.8) is 0 Å². The molecule has 0 aliphatic heterocycles. The van der Waals surface area contributed by atoms with Gasteiger partial charge in [-0.15, -0.1) is 0 Å². The van der Waals surface area contributed by atoms with Crippen molar-refractivity contribution in [3.8, 4) is 50.3 Å². The second kappa shape index (κ2) is 14.9. The normalized spacial score (nSPS) is 11.3. The van der Waals surface area contributed by atoms with Gasteiger partial charge in [-0.05, 0) is 115 Å². The molecule has 10 aromatic carbocycles. The van der Waals surface area contributed by atoms with Crippen molar-refractivity contribution in [1.29, 1.82) is 0 Å². The summed E-state index contributed by atoms with van der Waals surface area (Å²) in [4.78, 5) is 2.44. The maximum absolute atomic E-state index is 10.8. The lowest BCUT2D eigenvalue weighted by atomic mass is 9.91. The maximum atomic E-state index is 10.8. The van der Waals surface area contributed by atoms with Crippen molar-refractivity contribution in [3.05, 3.63) is 218 Å². The summed E-state index contributed by atoms with van der Waals surface area (Å²) in [6.07, 6.45) is 0.875. The minimum atomic E-state index is 0.294. The Morgan fingerprint density at radius 3 is 1.62 bits per heavy atom. The van der Waals surface area contributed by atoms with Gasteiger partial charge in [-0.3, -0.25) is 0 Å². The Bertz CT molecular complexity index is 3120. The van der Waals surface area contributed by atoms with Crippen LogP contribution in [0.5, 0.6) is 5.75 Å². The number of hydrogen-bond acceptors (Lipinski definition) is 2. The summed E-state index contributed by atoms with van der Waals surface area (Å²) in [7, 11) is 0. The van der Waals surface area contributed by atoms with Crippen LogP contribution in [0.15, 0.2) is 212 Å². The standard InChI is InChI=1S/C56H41NO/c1-2-38-30-31-41(36-52(38)51-25-11-14-29-56(51)58)39-32-34-43(35-33-39)57(54-27-12-9-23-49(54)47-26-15-18-40-16-3-5-19-44(40)47)55-28-13-10-24-50(55)53-37-42-17-4-6-20-45(42)46-21-7-8-22-48(46)53/h3-37,58H,2H2,1H3. The molecule has 0 atom stereocenters. The molecule has 0 fully saturated rings. The zero-order chi connectivity index (χ0) is 39.0. The molecule has 10 rings (SSSR count). The first kappa shape index (κ1) is 35.0. The molecule has 58 heavy (non-hydrogen) atoms. The molecule has 0 bridgehead atoms. The maximum Gasteiger partial charge on any atom is 0.123 e. The molecule has 276 valence electrons. The van der Waals surface area contributed by atoms with E-state index in [1.807, 2.05) is 18.2 Å². The number of para-hydroxylation sites is 3. The van der Waals surface area contributed by atoms with Crippen molar-refractivity contribution >= 4 is 49.4 Å². The van der Waals surface area contributed by atoms with E-state index in [1.165, 1.54) is 49.0 Å². The molecular formula is C56H41NO. The van der Waals surface area contributed by atoms with Gasteiger partial charge in [0.1, 0.15) is 5.75 Å². The molecule has 0 amide bonds. The van der Waals surface area contributed by atoms with Gasteiger partial charge in [0.05, 0.1) is 11.4 Å². The third-order valence-corrected chi connectivity index (χ3v) is 11.6. The Morgan fingerprint density at radius 1 is 0.362 bits per heavy atom. The van der Waals surface area contributed by atoms with Gasteiger partial charge in [0.25, 0.3) is 0 Å². The van der Waals surface area contributed by atoms with Gasteiger partial charge < -0.3 is 10.0 Å². The van der Waals surface area contributed by atoms with E-state index >= 15 is 0 Å². The molecule has 0 aliphatic rings. The van der Waals surface area contributed by atoms with Crippen LogP contribution in [0.3, 0.4) is 0 Å². The van der Waals surface area contributed by atoms with E-state index in [0.717, 1.165) is 56.9 Å². The third kappa shape index (κ3) is 6.16. The summed E-state index contributed by atoms with van der Waals surface area (Å²) in [6, 6.07) is 75.9. The van der Waals surface area contributed by atoms with Gasteiger partial charge in [0.15, 0.2) is 0 Å². The van der Waals surface area contributed by atoms with E-state index < -0.39 is 0 Å². The van der Waals surface area contributed by atoms with E-state index in [2.05, 4.69) is 200 Å². The fourth-order valence-corrected chi connectivity index (χ4v) is 8.76. The Hall–Kier alpha value is -7.42. The number of fused-ring (bicyclic) bond motifs is 4. The predicted octanol–water partition coefficient (Wildman–Crippen LogP) is 15.6. The number of phenolic OH excluding ortho intramolecular Hbond substituents is 1. The Kier molecular flexibility index (Phi) is 9.01. The van der Waals surface area contributed by atoms with E-state index in [4.69, 9.17) is 0 Å². The molecule has 2 heteroatoms. The SMILES string of the molecule is CCc1ccc(-c2ccc(N(c3ccccc3-c3cccc4ccccc34)c3ccccc3-c3cc4ccccc4c4ccccc34)cc2)cc1-c1ccccc1O. The summed E-state index contributed by atoms with van der Waals surface area (Å²) >= 11 is 0. The highest BCUT2D eigenvalue weighted by Gasteiger charge is 2.22. The number of aromatic hydroxyl groups is 1.